The summed E-state index contributed by atoms with van der Waals surface area (Å²) in [4.78, 5) is 12.3. The summed E-state index contributed by atoms with van der Waals surface area (Å²) in [5.74, 6) is 1.85. The Labute approximate surface area is 190 Å². The van der Waals surface area contributed by atoms with Crippen LogP contribution in [0, 0.1) is 0 Å². The van der Waals surface area contributed by atoms with Gasteiger partial charge < -0.3 is 14.2 Å². The first kappa shape index (κ1) is 27.0. The number of rotatable bonds is 10. The summed E-state index contributed by atoms with van der Waals surface area (Å²) in [6, 6.07) is 0. The molecule has 1 aromatic carbocycles. The minimum atomic E-state index is -2.14. The van der Waals surface area contributed by atoms with Crippen molar-refractivity contribution in [3.05, 3.63) is 34.4 Å². The Morgan fingerprint density at radius 3 is 1.87 bits per heavy atom. The van der Waals surface area contributed by atoms with Gasteiger partial charge in [-0.1, -0.05) is 57.2 Å². The van der Waals surface area contributed by atoms with E-state index < -0.39 is 8.07 Å². The van der Waals surface area contributed by atoms with Crippen molar-refractivity contribution in [1.82, 2.24) is 0 Å². The smallest absolute Gasteiger partial charge is 0.171 e. The zero-order valence-corrected chi connectivity index (χ0v) is 22.5. The minimum Gasteiger partial charge on any atom is -0.496 e. The van der Waals surface area contributed by atoms with Gasteiger partial charge in [0.15, 0.2) is 17.8 Å². The lowest BCUT2D eigenvalue weighted by molar-refractivity contribution is 0.112. The summed E-state index contributed by atoms with van der Waals surface area (Å²) in [7, 11) is 2.76. The summed E-state index contributed by atoms with van der Waals surface area (Å²) in [6.07, 6.45) is 8.08. The molecule has 0 heterocycles. The second-order valence-electron chi connectivity index (χ2n) is 9.93. The van der Waals surface area contributed by atoms with E-state index in [1.165, 1.54) is 11.1 Å². The van der Waals surface area contributed by atoms with Gasteiger partial charge in [-0.15, -0.1) is 0 Å². The Morgan fingerprint density at radius 1 is 0.903 bits per heavy atom. The van der Waals surface area contributed by atoms with E-state index in [1.54, 1.807) is 21.3 Å². The third-order valence-electron chi connectivity index (χ3n) is 6.47. The number of ether oxygens (including phenoxy) is 3. The fraction of sp³-hybridized carbons (Fsp3) is 0.577. The second kappa shape index (κ2) is 11.0. The van der Waals surface area contributed by atoms with E-state index in [1.807, 2.05) is 0 Å². The van der Waals surface area contributed by atoms with Crippen molar-refractivity contribution >= 4 is 19.5 Å². The third-order valence-corrected chi connectivity index (χ3v) is 12.0. The van der Waals surface area contributed by atoms with E-state index in [2.05, 4.69) is 66.8 Å². The van der Waals surface area contributed by atoms with Gasteiger partial charge >= 0.3 is 0 Å². The van der Waals surface area contributed by atoms with Crippen molar-refractivity contribution in [3.63, 3.8) is 0 Å². The molecular formula is C26H42O4Si. The lowest BCUT2D eigenvalue weighted by Gasteiger charge is -2.40. The molecule has 174 valence electrons. The molecule has 0 aliphatic rings. The Kier molecular flexibility index (Phi) is 9.61. The first-order valence-electron chi connectivity index (χ1n) is 11.0. The fourth-order valence-corrected chi connectivity index (χ4v) is 6.07. The Morgan fingerprint density at radius 2 is 1.45 bits per heavy atom. The van der Waals surface area contributed by atoms with E-state index >= 15 is 0 Å². The number of hydrogen-bond acceptors (Lipinski definition) is 4. The van der Waals surface area contributed by atoms with Crippen LogP contribution in [0.4, 0.5) is 0 Å². The molecule has 5 heteroatoms. The maximum atomic E-state index is 12.3. The molecule has 1 aromatic rings. The number of aldehydes is 1. The van der Waals surface area contributed by atoms with Crippen LogP contribution in [0.15, 0.2) is 23.3 Å². The highest BCUT2D eigenvalue weighted by Gasteiger charge is 2.43. The van der Waals surface area contributed by atoms with E-state index in [0.29, 0.717) is 23.5 Å². The predicted molar refractivity (Wildman–Crippen MR) is 134 cm³/mol. The Hall–Kier alpha value is -2.01. The van der Waals surface area contributed by atoms with Crippen LogP contribution >= 0.6 is 0 Å². The van der Waals surface area contributed by atoms with Gasteiger partial charge in [-0.25, -0.2) is 0 Å². The summed E-state index contributed by atoms with van der Waals surface area (Å²) in [5.41, 5.74) is 4.14. The number of hydrogen-bond donors (Lipinski definition) is 0. The summed E-state index contributed by atoms with van der Waals surface area (Å²) < 4.78 is 17.5. The SMILES string of the molecule is COc1c(C=O)c([Si](C)(C)C(C)(C)C)c(OC)c(C/C=C(\C)CCC=C(C)C)c1OC. The van der Waals surface area contributed by atoms with Crippen molar-refractivity contribution in [2.75, 3.05) is 21.3 Å². The molecule has 0 fully saturated rings. The average molecular weight is 447 g/mol. The molecule has 0 bridgehead atoms. The molecule has 0 saturated carbocycles. The zero-order chi connectivity index (χ0) is 24.0. The summed E-state index contributed by atoms with van der Waals surface area (Å²) in [6.45, 7) is 17.7. The average Bonchev–Trinajstić information content (AvgIpc) is 2.68. The highest BCUT2D eigenvalue weighted by atomic mass is 28.3. The lowest BCUT2D eigenvalue weighted by atomic mass is 10.0. The number of benzene rings is 1. The van der Waals surface area contributed by atoms with E-state index in [9.17, 15) is 4.79 Å². The van der Waals surface area contributed by atoms with Gasteiger partial charge in [0.2, 0.25) is 0 Å². The summed E-state index contributed by atoms with van der Waals surface area (Å²) >= 11 is 0. The van der Waals surface area contributed by atoms with Gasteiger partial charge in [0.05, 0.1) is 35.0 Å². The monoisotopic (exact) mass is 446 g/mol. The number of carbonyl (C=O) groups excluding carboxylic acids is 1. The van der Waals surface area contributed by atoms with Crippen LogP contribution in [-0.2, 0) is 6.42 Å². The molecule has 0 aliphatic heterocycles. The Balaban J connectivity index is 3.76. The molecule has 0 unspecified atom stereocenters. The van der Waals surface area contributed by atoms with E-state index in [4.69, 9.17) is 14.2 Å². The van der Waals surface area contributed by atoms with Crippen LogP contribution in [0.2, 0.25) is 18.1 Å². The molecule has 0 N–H and O–H groups in total. The molecule has 0 aliphatic carbocycles. The molecule has 1 rings (SSSR count). The van der Waals surface area contributed by atoms with Crippen LogP contribution in [0.1, 0.15) is 70.3 Å². The van der Waals surface area contributed by atoms with Gasteiger partial charge in [-0.3, -0.25) is 4.79 Å². The molecule has 0 amide bonds. The fourth-order valence-electron chi connectivity index (χ4n) is 3.65. The number of carbonyl (C=O) groups is 1. The summed E-state index contributed by atoms with van der Waals surface area (Å²) in [5, 5.41) is 1.02. The molecule has 0 atom stereocenters. The normalized spacial score (nSPS) is 12.4. The highest BCUT2D eigenvalue weighted by molar-refractivity contribution is 6.93. The minimum absolute atomic E-state index is 0.0189. The molecular weight excluding hydrogens is 404 g/mol. The highest BCUT2D eigenvalue weighted by Crippen LogP contribution is 2.45. The number of allylic oxidation sites excluding steroid dienone is 4. The lowest BCUT2D eigenvalue weighted by Crippen LogP contribution is -2.52. The standard InChI is InChI=1S/C26H42O4Si/c1-18(2)13-12-14-19(3)15-16-20-22(28-7)23(29-8)21(17-27)25(24(20)30-9)31(10,11)26(4,5)6/h13,15,17H,12,14,16H2,1-11H3/b19-15+. The van der Waals surface area contributed by atoms with Crippen molar-refractivity contribution in [2.24, 2.45) is 0 Å². The van der Waals surface area contributed by atoms with Gasteiger partial charge in [0.25, 0.3) is 0 Å². The molecule has 0 radical (unpaired) electrons. The van der Waals surface area contributed by atoms with Gasteiger partial charge in [-0.05, 0) is 50.3 Å². The van der Waals surface area contributed by atoms with Crippen molar-refractivity contribution in [2.45, 2.75) is 78.9 Å². The topological polar surface area (TPSA) is 44.8 Å². The quantitative estimate of drug-likeness (QED) is 0.234. The zero-order valence-electron chi connectivity index (χ0n) is 21.5. The van der Waals surface area contributed by atoms with Crippen LogP contribution < -0.4 is 19.4 Å². The first-order chi connectivity index (χ1) is 14.4. The molecule has 4 nitrogen and oxygen atoms in total. The van der Waals surface area contributed by atoms with E-state index in [0.717, 1.165) is 35.6 Å². The third kappa shape index (κ3) is 6.03. The number of methoxy groups -OCH3 is 3. The Bertz CT molecular complexity index is 838. The maximum absolute atomic E-state index is 12.3. The van der Waals surface area contributed by atoms with Crippen molar-refractivity contribution in [1.29, 1.82) is 0 Å². The largest absolute Gasteiger partial charge is 0.496 e. The van der Waals surface area contributed by atoms with Crippen LogP contribution in [0.25, 0.3) is 0 Å². The van der Waals surface area contributed by atoms with E-state index in [-0.39, 0.29) is 5.04 Å². The molecule has 0 saturated heterocycles. The molecule has 0 aromatic heterocycles. The molecule has 0 spiro atoms. The van der Waals surface area contributed by atoms with Gasteiger partial charge in [-0.2, -0.15) is 0 Å². The van der Waals surface area contributed by atoms with Gasteiger partial charge in [0, 0.05) is 5.56 Å². The first-order valence-corrected chi connectivity index (χ1v) is 14.0. The predicted octanol–water partition coefficient (Wildman–Crippen LogP) is 6.48. The van der Waals surface area contributed by atoms with Gasteiger partial charge in [0.1, 0.15) is 5.75 Å². The van der Waals surface area contributed by atoms with Crippen molar-refractivity contribution < 1.29 is 19.0 Å². The molecule has 31 heavy (non-hydrogen) atoms. The van der Waals surface area contributed by atoms with Crippen LogP contribution in [0.3, 0.4) is 0 Å². The van der Waals surface area contributed by atoms with Crippen molar-refractivity contribution in [3.8, 4) is 17.2 Å². The second-order valence-corrected chi connectivity index (χ2v) is 15.2. The maximum Gasteiger partial charge on any atom is 0.171 e. The van der Waals surface area contributed by atoms with Crippen LogP contribution in [0.5, 0.6) is 17.2 Å². The van der Waals surface area contributed by atoms with Crippen LogP contribution in [-0.4, -0.2) is 35.7 Å².